The fourth-order valence-electron chi connectivity index (χ4n) is 3.79. The van der Waals surface area contributed by atoms with Crippen LogP contribution in [0.25, 0.3) is 5.52 Å². The van der Waals surface area contributed by atoms with E-state index in [9.17, 15) is 9.59 Å². The Balaban J connectivity index is 1.74. The van der Waals surface area contributed by atoms with Gasteiger partial charge in [-0.15, -0.1) is 0 Å². The van der Waals surface area contributed by atoms with Crippen LogP contribution in [-0.4, -0.2) is 16.1 Å². The van der Waals surface area contributed by atoms with Gasteiger partial charge in [-0.3, -0.25) is 14.5 Å². The van der Waals surface area contributed by atoms with Gasteiger partial charge >= 0.3 is 0 Å². The van der Waals surface area contributed by atoms with Crippen LogP contribution in [0.5, 0.6) is 0 Å². The zero-order valence-electron chi connectivity index (χ0n) is 16.0. The second-order valence-corrected chi connectivity index (χ2v) is 8.22. The Labute approximate surface area is 172 Å². The second-order valence-electron chi connectivity index (χ2n) is 7.14. The summed E-state index contributed by atoms with van der Waals surface area (Å²) < 4.78 is 1.82. The van der Waals surface area contributed by atoms with E-state index in [0.717, 1.165) is 32.2 Å². The first kappa shape index (κ1) is 17.8. The quantitative estimate of drug-likeness (QED) is 0.395. The van der Waals surface area contributed by atoms with Gasteiger partial charge in [-0.05, 0) is 61.9 Å². The molecule has 4 nitrogen and oxygen atoms in total. The molecule has 0 saturated carbocycles. The number of carbonyl (C=O) groups is 2. The molecule has 142 valence electrons. The van der Waals surface area contributed by atoms with Gasteiger partial charge in [-0.1, -0.05) is 36.0 Å². The smallest absolute Gasteiger partial charge is 0.279 e. The maximum atomic E-state index is 13.8. The van der Waals surface area contributed by atoms with Crippen LogP contribution in [0.15, 0.2) is 82.7 Å². The third-order valence-corrected chi connectivity index (χ3v) is 6.29. The first-order valence-electron chi connectivity index (χ1n) is 9.37. The molecule has 4 aromatic rings. The predicted molar refractivity (Wildman–Crippen MR) is 116 cm³/mol. The molecule has 0 saturated heterocycles. The van der Waals surface area contributed by atoms with E-state index < -0.39 is 0 Å². The Kier molecular flexibility index (Phi) is 4.07. The highest BCUT2D eigenvalue weighted by atomic mass is 32.2. The first-order valence-corrected chi connectivity index (χ1v) is 10.2. The van der Waals surface area contributed by atoms with Gasteiger partial charge in [0.25, 0.3) is 5.91 Å². The van der Waals surface area contributed by atoms with Gasteiger partial charge < -0.3 is 4.40 Å². The Morgan fingerprint density at radius 1 is 0.862 bits per heavy atom. The monoisotopic (exact) mass is 398 g/mol. The summed E-state index contributed by atoms with van der Waals surface area (Å²) in [6.07, 6.45) is 1.86. The van der Waals surface area contributed by atoms with Crippen molar-refractivity contribution in [2.45, 2.75) is 23.6 Å². The molecule has 0 N–H and O–H groups in total. The van der Waals surface area contributed by atoms with Gasteiger partial charge in [-0.25, -0.2) is 0 Å². The molecule has 0 unspecified atom stereocenters. The molecular weight excluding hydrogens is 380 g/mol. The van der Waals surface area contributed by atoms with Crippen LogP contribution in [0.1, 0.15) is 33.3 Å². The average Bonchev–Trinajstić information content (AvgIpc) is 3.10. The molecule has 3 heterocycles. The molecule has 5 heteroatoms. The number of aromatic nitrogens is 1. The number of para-hydroxylation sites is 2. The fraction of sp³-hybridized carbons (Fsp3) is 0.0833. The molecular formula is C24H18N2O2S. The number of hydrogen-bond acceptors (Lipinski definition) is 3. The second kappa shape index (κ2) is 6.64. The van der Waals surface area contributed by atoms with Crippen molar-refractivity contribution in [2.75, 3.05) is 4.90 Å². The molecule has 0 atom stereocenters. The van der Waals surface area contributed by atoms with E-state index in [4.69, 9.17) is 0 Å². The molecule has 29 heavy (non-hydrogen) atoms. The summed E-state index contributed by atoms with van der Waals surface area (Å²) in [5.41, 5.74) is 4.54. The maximum absolute atomic E-state index is 13.8. The van der Waals surface area contributed by atoms with E-state index in [1.165, 1.54) is 6.92 Å². The van der Waals surface area contributed by atoms with E-state index in [2.05, 4.69) is 0 Å². The number of ketones is 1. The van der Waals surface area contributed by atoms with Crippen LogP contribution >= 0.6 is 11.8 Å². The van der Waals surface area contributed by atoms with Crippen LogP contribution in [0.4, 0.5) is 11.4 Å². The van der Waals surface area contributed by atoms with Crippen molar-refractivity contribution in [3.05, 3.63) is 89.7 Å². The number of aryl methyl sites for hydroxylation is 1. The minimum absolute atomic E-state index is 0.0536. The SMILES string of the molecule is CC(=O)c1cc(C(=O)N2c3ccccc3Sc3ccccc32)n2ccc(C)cc12. The summed E-state index contributed by atoms with van der Waals surface area (Å²) in [5, 5.41) is 0. The van der Waals surface area contributed by atoms with Gasteiger partial charge in [0.2, 0.25) is 0 Å². The number of benzene rings is 2. The maximum Gasteiger partial charge on any atom is 0.279 e. The Bertz CT molecular complexity index is 1260. The van der Waals surface area contributed by atoms with Crippen molar-refractivity contribution in [1.82, 2.24) is 4.40 Å². The zero-order valence-corrected chi connectivity index (χ0v) is 16.9. The van der Waals surface area contributed by atoms with Gasteiger partial charge in [0, 0.05) is 21.6 Å². The summed E-state index contributed by atoms with van der Waals surface area (Å²) in [6.45, 7) is 3.51. The van der Waals surface area contributed by atoms with Crippen LogP contribution in [0.2, 0.25) is 0 Å². The van der Waals surface area contributed by atoms with E-state index in [1.807, 2.05) is 78.2 Å². The molecule has 0 fully saturated rings. The number of rotatable bonds is 2. The molecule has 0 spiro atoms. The molecule has 2 aromatic heterocycles. The van der Waals surface area contributed by atoms with Crippen molar-refractivity contribution in [2.24, 2.45) is 0 Å². The highest BCUT2D eigenvalue weighted by Crippen LogP contribution is 2.48. The molecule has 0 aliphatic carbocycles. The standard InChI is InChI=1S/C24H18N2O2S/c1-15-11-12-25-20(13-15)17(16(2)27)14-21(25)24(28)26-18-7-3-5-9-22(18)29-23-10-6-4-8-19(23)26/h3-14H,1-2H3. The highest BCUT2D eigenvalue weighted by molar-refractivity contribution is 7.99. The average molecular weight is 398 g/mol. The minimum Gasteiger partial charge on any atom is -0.312 e. The summed E-state index contributed by atoms with van der Waals surface area (Å²) in [7, 11) is 0. The number of anilines is 2. The van der Waals surface area contributed by atoms with E-state index in [1.54, 1.807) is 22.7 Å². The van der Waals surface area contributed by atoms with Crippen molar-refractivity contribution < 1.29 is 9.59 Å². The summed E-state index contributed by atoms with van der Waals surface area (Å²) in [6, 6.07) is 21.4. The van der Waals surface area contributed by atoms with Crippen molar-refractivity contribution in [1.29, 1.82) is 0 Å². The van der Waals surface area contributed by atoms with Crippen molar-refractivity contribution in [3.63, 3.8) is 0 Å². The van der Waals surface area contributed by atoms with Gasteiger partial charge in [0.05, 0.1) is 16.9 Å². The Morgan fingerprint density at radius 2 is 1.48 bits per heavy atom. The van der Waals surface area contributed by atoms with Gasteiger partial charge in [-0.2, -0.15) is 0 Å². The van der Waals surface area contributed by atoms with E-state index >= 15 is 0 Å². The normalized spacial score (nSPS) is 12.6. The lowest BCUT2D eigenvalue weighted by atomic mass is 10.1. The van der Waals surface area contributed by atoms with Crippen LogP contribution in [0.3, 0.4) is 0 Å². The number of hydrogen-bond donors (Lipinski definition) is 0. The summed E-state index contributed by atoms with van der Waals surface area (Å²) in [4.78, 5) is 29.9. The molecule has 1 aliphatic heterocycles. The molecule has 0 bridgehead atoms. The summed E-state index contributed by atoms with van der Waals surface area (Å²) >= 11 is 1.66. The van der Waals surface area contributed by atoms with Crippen molar-refractivity contribution in [3.8, 4) is 0 Å². The minimum atomic E-state index is -0.156. The lowest BCUT2D eigenvalue weighted by molar-refractivity contribution is 0.0992. The number of amides is 1. The molecule has 2 aromatic carbocycles. The molecule has 0 radical (unpaired) electrons. The highest BCUT2D eigenvalue weighted by Gasteiger charge is 2.30. The summed E-state index contributed by atoms with van der Waals surface area (Å²) in [5.74, 6) is -0.210. The zero-order chi connectivity index (χ0) is 20.1. The predicted octanol–water partition coefficient (Wildman–Crippen LogP) is 5.89. The Hall–Kier alpha value is -3.31. The molecule has 5 rings (SSSR count). The molecule has 1 amide bonds. The number of carbonyl (C=O) groups excluding carboxylic acids is 2. The number of pyridine rings is 1. The van der Waals surface area contributed by atoms with Crippen molar-refractivity contribution >= 4 is 40.3 Å². The third kappa shape index (κ3) is 2.77. The number of fused-ring (bicyclic) bond motifs is 3. The Morgan fingerprint density at radius 3 is 2.10 bits per heavy atom. The fourth-order valence-corrected chi connectivity index (χ4v) is 4.85. The lowest BCUT2D eigenvalue weighted by Crippen LogP contribution is -2.29. The van der Waals surface area contributed by atoms with Crippen LogP contribution < -0.4 is 4.90 Å². The van der Waals surface area contributed by atoms with Crippen LogP contribution in [-0.2, 0) is 0 Å². The first-order chi connectivity index (χ1) is 14.0. The van der Waals surface area contributed by atoms with E-state index in [0.29, 0.717) is 11.3 Å². The topological polar surface area (TPSA) is 41.8 Å². The third-order valence-electron chi connectivity index (χ3n) is 5.16. The molecule has 1 aliphatic rings. The van der Waals surface area contributed by atoms with E-state index in [-0.39, 0.29) is 11.7 Å². The van der Waals surface area contributed by atoms with Gasteiger partial charge in [0.1, 0.15) is 5.69 Å². The van der Waals surface area contributed by atoms with Crippen LogP contribution in [0, 0.1) is 6.92 Å². The number of Topliss-reactive ketones (excluding diaryl/α,β-unsaturated/α-hetero) is 1. The largest absolute Gasteiger partial charge is 0.312 e. The lowest BCUT2D eigenvalue weighted by Gasteiger charge is -2.30. The van der Waals surface area contributed by atoms with Gasteiger partial charge in [0.15, 0.2) is 5.78 Å². The number of nitrogens with zero attached hydrogens (tertiary/aromatic N) is 2.